The predicted molar refractivity (Wildman–Crippen MR) is 80.4 cm³/mol. The minimum absolute atomic E-state index is 0.290. The van der Waals surface area contributed by atoms with Gasteiger partial charge in [-0.2, -0.15) is 0 Å². The van der Waals surface area contributed by atoms with E-state index in [1.165, 1.54) is 4.90 Å². The molecular weight excluding hydrogens is 292 g/mol. The Morgan fingerprint density at radius 2 is 1.95 bits per heavy atom. The molecule has 2 rings (SSSR count). The summed E-state index contributed by atoms with van der Waals surface area (Å²) in [5, 5.41) is 0.380. The summed E-state index contributed by atoms with van der Waals surface area (Å²) in [5.74, 6) is -0.863. The van der Waals surface area contributed by atoms with Crippen molar-refractivity contribution >= 4 is 23.4 Å². The summed E-state index contributed by atoms with van der Waals surface area (Å²) in [6.45, 7) is 6.27. The number of amides is 2. The molecule has 2 N–H and O–H groups in total. The molecule has 0 spiro atoms. The number of carbonyl (C=O) groups is 2. The number of benzene rings is 1. The molecule has 1 heterocycles. The summed E-state index contributed by atoms with van der Waals surface area (Å²) in [5.41, 5.74) is 7.78. The fourth-order valence-corrected chi connectivity index (χ4v) is 2.83. The maximum absolute atomic E-state index is 12.7. The number of nitrogens with zero attached hydrogens (tertiary/aromatic N) is 1. The van der Waals surface area contributed by atoms with Crippen LogP contribution in [0, 0.1) is 13.8 Å². The van der Waals surface area contributed by atoms with E-state index >= 15 is 0 Å². The third kappa shape index (κ3) is 3.04. The summed E-state index contributed by atoms with van der Waals surface area (Å²) in [6.07, 6.45) is -0.425. The minimum atomic E-state index is -0.774. The molecular formula is C15H19ClN2O3. The van der Waals surface area contributed by atoms with Gasteiger partial charge in [0.2, 0.25) is 5.91 Å². The number of carbonyl (C=O) groups excluding carboxylic acids is 2. The first-order chi connectivity index (χ1) is 9.82. The number of rotatable bonds is 2. The Kier molecular flexibility index (Phi) is 4.54. The monoisotopic (exact) mass is 310 g/mol. The van der Waals surface area contributed by atoms with Crippen LogP contribution >= 0.6 is 11.6 Å². The molecule has 1 saturated heterocycles. The summed E-state index contributed by atoms with van der Waals surface area (Å²) in [4.78, 5) is 25.8. The number of ether oxygens (including phenoxy) is 1. The maximum Gasteiger partial charge on any atom is 0.256 e. The molecule has 1 aliphatic heterocycles. The second-order valence-electron chi connectivity index (χ2n) is 5.34. The molecule has 6 heteroatoms. The number of aryl methyl sites for hydroxylation is 2. The van der Waals surface area contributed by atoms with Crippen LogP contribution in [0.2, 0.25) is 5.02 Å². The van der Waals surface area contributed by atoms with Crippen LogP contribution in [-0.4, -0.2) is 42.0 Å². The van der Waals surface area contributed by atoms with Crippen molar-refractivity contribution in [2.45, 2.75) is 32.9 Å². The van der Waals surface area contributed by atoms with Crippen LogP contribution in [0.1, 0.15) is 28.4 Å². The Hall–Kier alpha value is -1.59. The van der Waals surface area contributed by atoms with Gasteiger partial charge in [-0.1, -0.05) is 11.6 Å². The van der Waals surface area contributed by atoms with Crippen LogP contribution in [0.4, 0.5) is 0 Å². The zero-order valence-electron chi connectivity index (χ0n) is 12.4. The smallest absolute Gasteiger partial charge is 0.256 e. The molecule has 0 radical (unpaired) electrons. The minimum Gasteiger partial charge on any atom is -0.374 e. The maximum atomic E-state index is 12.7. The summed E-state index contributed by atoms with van der Waals surface area (Å²) < 4.78 is 5.41. The average molecular weight is 311 g/mol. The van der Waals surface area contributed by atoms with Crippen LogP contribution in [0.5, 0.6) is 0 Å². The van der Waals surface area contributed by atoms with Crippen molar-refractivity contribution in [2.24, 2.45) is 5.73 Å². The summed E-state index contributed by atoms with van der Waals surface area (Å²) >= 11 is 6.18. The fraction of sp³-hybridized carbons (Fsp3) is 0.467. The highest BCUT2D eigenvalue weighted by atomic mass is 35.5. The summed E-state index contributed by atoms with van der Waals surface area (Å²) in [6, 6.07) is 2.73. The molecule has 0 aliphatic carbocycles. The first-order valence-corrected chi connectivity index (χ1v) is 7.19. The third-order valence-corrected chi connectivity index (χ3v) is 4.17. The number of primary amides is 1. The summed E-state index contributed by atoms with van der Waals surface area (Å²) in [7, 11) is 0. The molecule has 5 nitrogen and oxygen atoms in total. The molecule has 2 atom stereocenters. The molecule has 1 fully saturated rings. The van der Waals surface area contributed by atoms with E-state index in [2.05, 4.69) is 0 Å². The first-order valence-electron chi connectivity index (χ1n) is 6.81. The van der Waals surface area contributed by atoms with Gasteiger partial charge in [0, 0.05) is 6.54 Å². The predicted octanol–water partition coefficient (Wildman–Crippen LogP) is 1.67. The Bertz CT molecular complexity index is 589. The molecule has 114 valence electrons. The largest absolute Gasteiger partial charge is 0.374 e. The van der Waals surface area contributed by atoms with Gasteiger partial charge in [0.1, 0.15) is 6.04 Å². The lowest BCUT2D eigenvalue weighted by Gasteiger charge is -2.38. The number of nitrogens with two attached hydrogens (primary N) is 1. The van der Waals surface area contributed by atoms with Crippen molar-refractivity contribution < 1.29 is 14.3 Å². The van der Waals surface area contributed by atoms with Crippen molar-refractivity contribution in [3.8, 4) is 0 Å². The highest BCUT2D eigenvalue weighted by Gasteiger charge is 2.37. The number of morpholine rings is 1. The molecule has 0 aromatic heterocycles. The van der Waals surface area contributed by atoms with Crippen LogP contribution in [0.3, 0.4) is 0 Å². The Balaban J connectivity index is 2.38. The quantitative estimate of drug-likeness (QED) is 0.903. The van der Waals surface area contributed by atoms with Crippen molar-refractivity contribution in [1.82, 2.24) is 4.90 Å². The van der Waals surface area contributed by atoms with E-state index in [4.69, 9.17) is 22.1 Å². The molecule has 1 aromatic rings. The molecule has 0 unspecified atom stereocenters. The standard InChI is InChI=1S/C15H19ClN2O3/c1-8-6-11(12(16)7-9(8)2)15(20)18-4-5-21-10(3)13(18)14(17)19/h6-7,10,13H,4-5H2,1-3H3,(H2,17,19)/t10-,13+/m1/s1. The number of hydrogen-bond donors (Lipinski definition) is 1. The van der Waals surface area contributed by atoms with E-state index in [1.807, 2.05) is 13.8 Å². The lowest BCUT2D eigenvalue weighted by Crippen LogP contribution is -2.58. The average Bonchev–Trinajstić information content (AvgIpc) is 2.41. The van der Waals surface area contributed by atoms with Gasteiger partial charge in [0.25, 0.3) is 5.91 Å². The molecule has 0 bridgehead atoms. The first kappa shape index (κ1) is 15.8. The topological polar surface area (TPSA) is 72.6 Å². The van der Waals surface area contributed by atoms with Gasteiger partial charge in [0.05, 0.1) is 23.3 Å². The van der Waals surface area contributed by atoms with Gasteiger partial charge >= 0.3 is 0 Å². The van der Waals surface area contributed by atoms with E-state index < -0.39 is 18.1 Å². The van der Waals surface area contributed by atoms with Crippen molar-refractivity contribution in [3.05, 3.63) is 33.8 Å². The lowest BCUT2D eigenvalue weighted by atomic mass is 10.0. The van der Waals surface area contributed by atoms with Crippen LogP contribution in [0.25, 0.3) is 0 Å². The zero-order valence-corrected chi connectivity index (χ0v) is 13.1. The van der Waals surface area contributed by atoms with Crippen LogP contribution < -0.4 is 5.73 Å². The Labute approximate surface area is 129 Å². The van der Waals surface area contributed by atoms with Crippen molar-refractivity contribution in [3.63, 3.8) is 0 Å². The highest BCUT2D eigenvalue weighted by Crippen LogP contribution is 2.25. The van der Waals surface area contributed by atoms with E-state index in [0.717, 1.165) is 11.1 Å². The zero-order chi connectivity index (χ0) is 15.7. The molecule has 1 aliphatic rings. The molecule has 2 amide bonds. The third-order valence-electron chi connectivity index (χ3n) is 3.86. The van der Waals surface area contributed by atoms with Crippen molar-refractivity contribution in [1.29, 1.82) is 0 Å². The van der Waals surface area contributed by atoms with Gasteiger partial charge in [-0.15, -0.1) is 0 Å². The van der Waals surface area contributed by atoms with Crippen LogP contribution in [0.15, 0.2) is 12.1 Å². The molecule has 1 aromatic carbocycles. The van der Waals surface area contributed by atoms with E-state index in [1.54, 1.807) is 19.1 Å². The Morgan fingerprint density at radius 1 is 1.33 bits per heavy atom. The number of halogens is 1. The second kappa shape index (κ2) is 6.03. The molecule has 21 heavy (non-hydrogen) atoms. The SMILES string of the molecule is Cc1cc(Cl)c(C(=O)N2CCO[C@H](C)[C@H]2C(N)=O)cc1C. The van der Waals surface area contributed by atoms with Crippen molar-refractivity contribution in [2.75, 3.05) is 13.2 Å². The Morgan fingerprint density at radius 3 is 2.57 bits per heavy atom. The van der Waals surface area contributed by atoms with Gasteiger partial charge in [-0.3, -0.25) is 9.59 Å². The van der Waals surface area contributed by atoms with E-state index in [-0.39, 0.29) is 5.91 Å². The van der Waals surface area contributed by atoms with Gasteiger partial charge in [-0.05, 0) is 44.0 Å². The van der Waals surface area contributed by atoms with E-state index in [0.29, 0.717) is 23.7 Å². The fourth-order valence-electron chi connectivity index (χ4n) is 2.53. The van der Waals surface area contributed by atoms with Crippen LogP contribution in [-0.2, 0) is 9.53 Å². The second-order valence-corrected chi connectivity index (χ2v) is 5.75. The molecule has 0 saturated carbocycles. The normalized spacial score (nSPS) is 22.2. The number of hydrogen-bond acceptors (Lipinski definition) is 3. The van der Waals surface area contributed by atoms with Gasteiger partial charge in [-0.25, -0.2) is 0 Å². The van der Waals surface area contributed by atoms with E-state index in [9.17, 15) is 9.59 Å². The lowest BCUT2D eigenvalue weighted by molar-refractivity contribution is -0.132. The van der Waals surface area contributed by atoms with Gasteiger partial charge in [0.15, 0.2) is 0 Å². The highest BCUT2D eigenvalue weighted by molar-refractivity contribution is 6.34. The van der Waals surface area contributed by atoms with Gasteiger partial charge < -0.3 is 15.4 Å².